The summed E-state index contributed by atoms with van der Waals surface area (Å²) in [6.07, 6.45) is 26.8. The van der Waals surface area contributed by atoms with Crippen LogP contribution in [-0.4, -0.2) is 87.5 Å². The lowest BCUT2D eigenvalue weighted by atomic mass is 9.99. The zero-order chi connectivity index (χ0) is 35.2. The van der Waals surface area contributed by atoms with Gasteiger partial charge < -0.3 is 40.3 Å². The first-order chi connectivity index (χ1) is 23.3. The summed E-state index contributed by atoms with van der Waals surface area (Å²) in [6, 6.07) is -0.714. The van der Waals surface area contributed by atoms with Gasteiger partial charge in [0.2, 0.25) is 5.91 Å². The molecule has 0 bridgehead atoms. The Balaban J connectivity index is 2.20. The molecule has 282 valence electrons. The van der Waals surface area contributed by atoms with Gasteiger partial charge in [0.25, 0.3) is 0 Å². The van der Waals surface area contributed by atoms with Gasteiger partial charge in [-0.25, -0.2) is 0 Å². The Morgan fingerprint density at radius 3 is 1.79 bits per heavy atom. The molecule has 0 aromatic rings. The lowest BCUT2D eigenvalue weighted by molar-refractivity contribution is -0.302. The van der Waals surface area contributed by atoms with Gasteiger partial charge in [-0.3, -0.25) is 4.79 Å². The highest BCUT2D eigenvalue weighted by molar-refractivity contribution is 5.76. The predicted molar refractivity (Wildman–Crippen MR) is 193 cm³/mol. The van der Waals surface area contributed by atoms with Gasteiger partial charge in [-0.15, -0.1) is 0 Å². The van der Waals surface area contributed by atoms with E-state index in [1.54, 1.807) is 0 Å². The van der Waals surface area contributed by atoms with Gasteiger partial charge >= 0.3 is 0 Å². The zero-order valence-electron chi connectivity index (χ0n) is 30.5. The first kappa shape index (κ1) is 44.7. The third kappa shape index (κ3) is 21.7. The van der Waals surface area contributed by atoms with Crippen molar-refractivity contribution in [3.05, 3.63) is 24.3 Å². The number of allylic oxidation sites excluding steroid dienone is 4. The molecule has 9 heteroatoms. The van der Waals surface area contributed by atoms with Gasteiger partial charge in [-0.1, -0.05) is 134 Å². The van der Waals surface area contributed by atoms with Crippen molar-refractivity contribution in [3.63, 3.8) is 0 Å². The zero-order valence-corrected chi connectivity index (χ0v) is 30.5. The third-order valence-electron chi connectivity index (χ3n) is 9.31. The lowest BCUT2D eigenvalue weighted by Crippen LogP contribution is -2.60. The summed E-state index contributed by atoms with van der Waals surface area (Å²) in [4.78, 5) is 12.8. The quantitative estimate of drug-likeness (QED) is 0.0346. The molecule has 0 saturated carbocycles. The van der Waals surface area contributed by atoms with Gasteiger partial charge in [0, 0.05) is 6.42 Å². The fraction of sp³-hybridized carbons (Fsp3) is 0.872. The minimum atomic E-state index is -1.55. The van der Waals surface area contributed by atoms with Crippen LogP contribution in [0.1, 0.15) is 162 Å². The first-order valence-corrected chi connectivity index (χ1v) is 19.5. The molecule has 9 nitrogen and oxygen atoms in total. The average molecular weight is 684 g/mol. The van der Waals surface area contributed by atoms with Crippen molar-refractivity contribution in [2.45, 2.75) is 204 Å². The summed E-state index contributed by atoms with van der Waals surface area (Å²) in [5.74, 6) is -0.159. The van der Waals surface area contributed by atoms with Gasteiger partial charge in [0.05, 0.1) is 25.4 Å². The Kier molecular flexibility index (Phi) is 28.4. The largest absolute Gasteiger partial charge is 0.394 e. The maximum atomic E-state index is 12.8. The monoisotopic (exact) mass is 684 g/mol. The van der Waals surface area contributed by atoms with Crippen molar-refractivity contribution >= 4 is 5.91 Å². The van der Waals surface area contributed by atoms with Crippen LogP contribution < -0.4 is 5.32 Å². The van der Waals surface area contributed by atoms with Gasteiger partial charge in [0.15, 0.2) is 6.29 Å². The van der Waals surface area contributed by atoms with E-state index in [1.807, 2.05) is 0 Å². The van der Waals surface area contributed by atoms with Crippen LogP contribution in [0, 0.1) is 0 Å². The van der Waals surface area contributed by atoms with E-state index in [1.165, 1.54) is 83.5 Å². The Bertz CT molecular complexity index is 807. The van der Waals surface area contributed by atoms with Gasteiger partial charge in [-0.2, -0.15) is 0 Å². The molecule has 7 atom stereocenters. The molecule has 0 radical (unpaired) electrons. The maximum absolute atomic E-state index is 12.8. The van der Waals surface area contributed by atoms with E-state index in [9.17, 15) is 30.3 Å². The van der Waals surface area contributed by atoms with E-state index in [-0.39, 0.29) is 12.5 Å². The van der Waals surface area contributed by atoms with Crippen LogP contribution >= 0.6 is 0 Å². The van der Waals surface area contributed by atoms with Crippen LogP contribution in [0.3, 0.4) is 0 Å². The molecule has 1 saturated heterocycles. The Morgan fingerprint density at radius 1 is 0.708 bits per heavy atom. The lowest BCUT2D eigenvalue weighted by Gasteiger charge is -2.40. The number of hydrogen-bond acceptors (Lipinski definition) is 8. The summed E-state index contributed by atoms with van der Waals surface area (Å²) in [6.45, 7) is 3.68. The molecule has 1 amide bonds. The molecule has 0 spiro atoms. The molecule has 6 N–H and O–H groups in total. The number of hydrogen-bond donors (Lipinski definition) is 6. The summed E-state index contributed by atoms with van der Waals surface area (Å²) >= 11 is 0. The Morgan fingerprint density at radius 2 is 1.23 bits per heavy atom. The number of nitrogens with one attached hydrogen (secondary N) is 1. The summed E-state index contributed by atoms with van der Waals surface area (Å²) in [5.41, 5.74) is 0. The van der Waals surface area contributed by atoms with Gasteiger partial charge in [0.1, 0.15) is 24.4 Å². The van der Waals surface area contributed by atoms with E-state index in [2.05, 4.69) is 43.5 Å². The van der Waals surface area contributed by atoms with E-state index in [4.69, 9.17) is 9.47 Å². The van der Waals surface area contributed by atoms with Crippen molar-refractivity contribution in [1.82, 2.24) is 5.32 Å². The number of ether oxygens (including phenoxy) is 2. The number of amides is 1. The van der Waals surface area contributed by atoms with Crippen LogP contribution in [0.5, 0.6) is 0 Å². The molecular weight excluding hydrogens is 610 g/mol. The average Bonchev–Trinajstić information content (AvgIpc) is 3.08. The fourth-order valence-corrected chi connectivity index (χ4v) is 6.07. The fourth-order valence-electron chi connectivity index (χ4n) is 6.07. The molecule has 7 unspecified atom stereocenters. The molecule has 1 rings (SSSR count). The molecule has 0 aromatic heterocycles. The number of unbranched alkanes of at least 4 members (excludes halogenated alkanes) is 17. The Hall–Kier alpha value is -1.33. The normalized spacial score (nSPS) is 22.9. The summed E-state index contributed by atoms with van der Waals surface area (Å²) in [5, 5.41) is 53.6. The summed E-state index contributed by atoms with van der Waals surface area (Å²) in [7, 11) is 0. The second kappa shape index (κ2) is 30.5. The third-order valence-corrected chi connectivity index (χ3v) is 9.31. The second-order valence-corrected chi connectivity index (χ2v) is 13.7. The highest BCUT2D eigenvalue weighted by Crippen LogP contribution is 2.23. The van der Waals surface area contributed by atoms with Crippen molar-refractivity contribution in [3.8, 4) is 0 Å². The van der Waals surface area contributed by atoms with Gasteiger partial charge in [-0.05, 0) is 44.9 Å². The van der Waals surface area contributed by atoms with E-state index < -0.39 is 49.5 Å². The Labute approximate surface area is 292 Å². The molecule has 48 heavy (non-hydrogen) atoms. The van der Waals surface area contributed by atoms with Crippen LogP contribution in [-0.2, 0) is 14.3 Å². The van der Waals surface area contributed by atoms with E-state index in [0.717, 1.165) is 51.4 Å². The number of carbonyl (C=O) groups excluding carboxylic acids is 1. The number of aliphatic hydroxyl groups is 5. The van der Waals surface area contributed by atoms with Crippen molar-refractivity contribution in [2.24, 2.45) is 0 Å². The van der Waals surface area contributed by atoms with Crippen LogP contribution in [0.25, 0.3) is 0 Å². The molecule has 1 heterocycles. The standard InChI is InChI=1S/C39H73NO8/c1-3-5-7-9-10-11-12-13-14-15-16-17-18-19-20-21-22-23-24-25-27-29-35(43)40-32(33(42)28-26-8-6-4-2)31-47-39-38(46)37(45)36(44)34(30-41)48-39/h12-13,15-16,32-34,36-39,41-42,44-46H,3-11,14,17-31H2,1-2H3,(H,40,43)/b13-12-,16-15-. The minimum absolute atomic E-state index is 0.143. The molecule has 1 aliphatic rings. The van der Waals surface area contributed by atoms with E-state index >= 15 is 0 Å². The molecule has 0 aliphatic carbocycles. The van der Waals surface area contributed by atoms with Crippen molar-refractivity contribution in [1.29, 1.82) is 0 Å². The van der Waals surface area contributed by atoms with Crippen LogP contribution in [0.2, 0.25) is 0 Å². The minimum Gasteiger partial charge on any atom is -0.394 e. The highest BCUT2D eigenvalue weighted by atomic mass is 16.7. The molecule has 1 fully saturated rings. The maximum Gasteiger partial charge on any atom is 0.220 e. The molecule has 0 aromatic carbocycles. The van der Waals surface area contributed by atoms with Crippen LogP contribution in [0.4, 0.5) is 0 Å². The second-order valence-electron chi connectivity index (χ2n) is 13.7. The number of rotatable bonds is 31. The van der Waals surface area contributed by atoms with Crippen molar-refractivity contribution in [2.75, 3.05) is 13.2 Å². The number of carbonyl (C=O) groups is 1. The topological polar surface area (TPSA) is 149 Å². The van der Waals surface area contributed by atoms with E-state index in [0.29, 0.717) is 12.8 Å². The smallest absolute Gasteiger partial charge is 0.220 e. The summed E-state index contributed by atoms with van der Waals surface area (Å²) < 4.78 is 11.1. The van der Waals surface area contributed by atoms with Crippen LogP contribution in [0.15, 0.2) is 24.3 Å². The molecule has 1 aliphatic heterocycles. The first-order valence-electron chi connectivity index (χ1n) is 19.5. The SMILES string of the molecule is CCCCCCC/C=C\C/C=C\CCCCCCCCCCCC(=O)NC(COC1OC(CO)C(O)C(O)C1O)C(O)CCCCCC. The highest BCUT2D eigenvalue weighted by Gasteiger charge is 2.44. The predicted octanol–water partition coefficient (Wildman–Crippen LogP) is 6.77. The van der Waals surface area contributed by atoms with Crippen molar-refractivity contribution < 1.29 is 39.8 Å². The number of aliphatic hydroxyl groups excluding tert-OH is 5. The molecular formula is C39H73NO8.